The largest absolute Gasteiger partial charge is 0.466 e. The van der Waals surface area contributed by atoms with E-state index in [1.165, 1.54) is 12.1 Å². The number of halogens is 1. The monoisotopic (exact) mass is 344 g/mol. The molecule has 0 bridgehead atoms. The Labute approximate surface area is 143 Å². The Morgan fingerprint density at radius 3 is 2.44 bits per heavy atom. The summed E-state index contributed by atoms with van der Waals surface area (Å²) in [6, 6.07) is 5.99. The number of benzene rings is 1. The topological polar surface area (TPSA) is 79.6 Å². The lowest BCUT2D eigenvalue weighted by atomic mass is 9.92. The molecule has 6 nitrogen and oxygen atoms in total. The second kappa shape index (κ2) is 5.84. The van der Waals surface area contributed by atoms with Crippen LogP contribution in [0.5, 0.6) is 0 Å². The quantitative estimate of drug-likeness (QED) is 0.683. The first-order valence-electron chi connectivity index (χ1n) is 7.73. The fourth-order valence-electron chi connectivity index (χ4n) is 3.02. The molecule has 1 fully saturated rings. The lowest BCUT2D eigenvalue weighted by Gasteiger charge is -2.21. The van der Waals surface area contributed by atoms with E-state index < -0.39 is 35.6 Å². The molecule has 1 unspecified atom stereocenters. The van der Waals surface area contributed by atoms with E-state index in [0.717, 1.165) is 17.0 Å². The highest BCUT2D eigenvalue weighted by Gasteiger charge is 2.51. The summed E-state index contributed by atoms with van der Waals surface area (Å²) in [5.74, 6) is -0.299. The van der Waals surface area contributed by atoms with E-state index in [0.29, 0.717) is 17.1 Å². The Bertz CT molecular complexity index is 872. The zero-order valence-corrected chi connectivity index (χ0v) is 14.1. The van der Waals surface area contributed by atoms with Crippen LogP contribution in [0.15, 0.2) is 34.7 Å². The van der Waals surface area contributed by atoms with Gasteiger partial charge in [-0.05, 0) is 51.1 Å². The zero-order valence-electron chi connectivity index (χ0n) is 14.1. The number of urea groups is 1. The number of Topliss-reactive ketones (excluding diaryl/α,β-unsaturated/α-hetero) is 1. The van der Waals surface area contributed by atoms with Crippen LogP contribution in [-0.2, 0) is 10.3 Å². The van der Waals surface area contributed by atoms with Gasteiger partial charge in [0.25, 0.3) is 5.91 Å². The number of furan rings is 1. The van der Waals surface area contributed by atoms with Crippen molar-refractivity contribution in [2.24, 2.45) is 0 Å². The van der Waals surface area contributed by atoms with Gasteiger partial charge in [-0.15, -0.1) is 0 Å². The first kappa shape index (κ1) is 16.9. The summed E-state index contributed by atoms with van der Waals surface area (Å²) >= 11 is 0. The van der Waals surface area contributed by atoms with Crippen LogP contribution in [0.3, 0.4) is 0 Å². The number of amides is 3. The predicted octanol–water partition coefficient (Wildman–Crippen LogP) is 2.69. The van der Waals surface area contributed by atoms with Crippen molar-refractivity contribution in [1.29, 1.82) is 0 Å². The number of carbonyl (C=O) groups excluding carboxylic acids is 3. The number of nitrogens with zero attached hydrogens (tertiary/aromatic N) is 1. The summed E-state index contributed by atoms with van der Waals surface area (Å²) in [4.78, 5) is 38.2. The number of ketones is 1. The Balaban J connectivity index is 1.85. The van der Waals surface area contributed by atoms with Crippen LogP contribution in [0.4, 0.5) is 9.18 Å². The minimum atomic E-state index is -1.29. The van der Waals surface area contributed by atoms with E-state index in [2.05, 4.69) is 5.32 Å². The third-order valence-corrected chi connectivity index (χ3v) is 4.32. The van der Waals surface area contributed by atoms with Gasteiger partial charge in [-0.25, -0.2) is 9.18 Å². The highest BCUT2D eigenvalue weighted by Crippen LogP contribution is 2.32. The van der Waals surface area contributed by atoms with Crippen LogP contribution in [0.1, 0.15) is 34.4 Å². The molecule has 0 saturated carbocycles. The maximum atomic E-state index is 13.0. The lowest BCUT2D eigenvalue weighted by molar-refractivity contribution is -0.130. The molecule has 1 aromatic heterocycles. The van der Waals surface area contributed by atoms with Gasteiger partial charge in [0.15, 0.2) is 5.78 Å². The number of hydrogen-bond donors (Lipinski definition) is 1. The molecule has 0 aliphatic carbocycles. The molecule has 3 amide bonds. The smallest absolute Gasteiger partial charge is 0.325 e. The molecule has 1 aliphatic heterocycles. The Morgan fingerprint density at radius 1 is 1.24 bits per heavy atom. The molecule has 0 radical (unpaired) electrons. The summed E-state index contributed by atoms with van der Waals surface area (Å²) in [6.07, 6.45) is 0. The van der Waals surface area contributed by atoms with Crippen molar-refractivity contribution >= 4 is 17.7 Å². The molecule has 1 saturated heterocycles. The van der Waals surface area contributed by atoms with Gasteiger partial charge in [-0.3, -0.25) is 14.5 Å². The van der Waals surface area contributed by atoms with E-state index in [4.69, 9.17) is 4.42 Å². The first-order valence-corrected chi connectivity index (χ1v) is 7.73. The average Bonchev–Trinajstić information content (AvgIpc) is 3.00. The van der Waals surface area contributed by atoms with Crippen LogP contribution in [0.25, 0.3) is 0 Å². The van der Waals surface area contributed by atoms with Gasteiger partial charge >= 0.3 is 6.03 Å². The van der Waals surface area contributed by atoms with Gasteiger partial charge in [-0.1, -0.05) is 0 Å². The predicted molar refractivity (Wildman–Crippen MR) is 86.5 cm³/mol. The molecule has 2 aromatic rings. The second-order valence-corrected chi connectivity index (χ2v) is 6.20. The maximum absolute atomic E-state index is 13.0. The number of nitrogens with one attached hydrogen (secondary N) is 1. The van der Waals surface area contributed by atoms with Gasteiger partial charge < -0.3 is 9.73 Å². The van der Waals surface area contributed by atoms with E-state index in [-0.39, 0.29) is 5.56 Å². The molecule has 1 atom stereocenters. The number of hydrogen-bond acceptors (Lipinski definition) is 4. The lowest BCUT2D eigenvalue weighted by Crippen LogP contribution is -2.41. The molecule has 1 N–H and O–H groups in total. The minimum absolute atomic E-state index is 0.228. The van der Waals surface area contributed by atoms with Crippen molar-refractivity contribution in [2.45, 2.75) is 26.3 Å². The van der Waals surface area contributed by atoms with Crippen molar-refractivity contribution in [3.63, 3.8) is 0 Å². The molecule has 2 heterocycles. The van der Waals surface area contributed by atoms with E-state index >= 15 is 0 Å². The fourth-order valence-corrected chi connectivity index (χ4v) is 3.02. The standard InChI is InChI=1S/C18H17FN2O4/c1-10-8-14(11(2)25-10)18(3)16(23)21(17(24)20-18)9-15(22)12-4-6-13(19)7-5-12/h4-8H,9H2,1-3H3,(H,20,24). The molecule has 25 heavy (non-hydrogen) atoms. The van der Waals surface area contributed by atoms with Crippen LogP contribution in [-0.4, -0.2) is 29.2 Å². The van der Waals surface area contributed by atoms with E-state index in [9.17, 15) is 18.8 Å². The highest BCUT2D eigenvalue weighted by molar-refractivity contribution is 6.11. The van der Waals surface area contributed by atoms with E-state index in [1.54, 1.807) is 26.8 Å². The second-order valence-electron chi connectivity index (χ2n) is 6.20. The summed E-state index contributed by atoms with van der Waals surface area (Å²) < 4.78 is 18.4. The summed E-state index contributed by atoms with van der Waals surface area (Å²) in [6.45, 7) is 4.62. The zero-order chi connectivity index (χ0) is 18.4. The van der Waals surface area contributed by atoms with Crippen LogP contribution >= 0.6 is 0 Å². The van der Waals surface area contributed by atoms with Crippen molar-refractivity contribution in [1.82, 2.24) is 10.2 Å². The van der Waals surface area contributed by atoms with Gasteiger partial charge in [-0.2, -0.15) is 0 Å². The summed E-state index contributed by atoms with van der Waals surface area (Å²) in [5, 5.41) is 2.63. The first-order chi connectivity index (χ1) is 11.7. The Morgan fingerprint density at radius 2 is 1.88 bits per heavy atom. The SMILES string of the molecule is Cc1cc(C2(C)NC(=O)N(CC(=O)c3ccc(F)cc3)C2=O)c(C)o1. The average molecular weight is 344 g/mol. The van der Waals surface area contributed by atoms with E-state index in [1.807, 2.05) is 0 Å². The molecule has 1 aromatic carbocycles. The molecular formula is C18H17FN2O4. The normalized spacial score (nSPS) is 20.1. The van der Waals surface area contributed by atoms with Gasteiger partial charge in [0.1, 0.15) is 22.9 Å². The summed E-state index contributed by atoms with van der Waals surface area (Å²) in [5.41, 5.74) is -0.506. The molecule has 130 valence electrons. The Hall–Kier alpha value is -2.96. The van der Waals surface area contributed by atoms with Crippen molar-refractivity contribution < 1.29 is 23.2 Å². The van der Waals surface area contributed by atoms with Gasteiger partial charge in [0.05, 0.1) is 6.54 Å². The van der Waals surface area contributed by atoms with Crippen molar-refractivity contribution in [2.75, 3.05) is 6.54 Å². The number of rotatable bonds is 4. The molecule has 3 rings (SSSR count). The number of aryl methyl sites for hydroxylation is 2. The molecule has 1 aliphatic rings. The van der Waals surface area contributed by atoms with Crippen LogP contribution < -0.4 is 5.32 Å². The molecule has 0 spiro atoms. The molecule has 7 heteroatoms. The van der Waals surface area contributed by atoms with Gasteiger partial charge in [0, 0.05) is 11.1 Å². The van der Waals surface area contributed by atoms with Crippen LogP contribution in [0.2, 0.25) is 0 Å². The maximum Gasteiger partial charge on any atom is 0.325 e. The number of carbonyl (C=O) groups is 3. The fraction of sp³-hybridized carbons (Fsp3) is 0.278. The highest BCUT2D eigenvalue weighted by atomic mass is 19.1. The number of imide groups is 1. The molecular weight excluding hydrogens is 327 g/mol. The minimum Gasteiger partial charge on any atom is -0.466 e. The third kappa shape index (κ3) is 2.82. The van der Waals surface area contributed by atoms with Crippen LogP contribution in [0, 0.1) is 19.7 Å². The third-order valence-electron chi connectivity index (χ3n) is 4.32. The Kier molecular flexibility index (Phi) is 3.94. The van der Waals surface area contributed by atoms with Crippen molar-refractivity contribution in [3.8, 4) is 0 Å². The van der Waals surface area contributed by atoms with Crippen molar-refractivity contribution in [3.05, 3.63) is 58.8 Å². The van der Waals surface area contributed by atoms with Gasteiger partial charge in [0.2, 0.25) is 0 Å². The summed E-state index contributed by atoms with van der Waals surface area (Å²) in [7, 11) is 0.